The van der Waals surface area contributed by atoms with Crippen LogP contribution in [0.25, 0.3) is 0 Å². The van der Waals surface area contributed by atoms with Crippen molar-refractivity contribution in [1.29, 1.82) is 0 Å². The molecule has 3 heterocycles. The predicted molar refractivity (Wildman–Crippen MR) is 110 cm³/mol. The molecule has 0 radical (unpaired) electrons. The lowest BCUT2D eigenvalue weighted by molar-refractivity contribution is 0.0656. The van der Waals surface area contributed by atoms with Crippen molar-refractivity contribution in [2.45, 2.75) is 6.42 Å². The topological polar surface area (TPSA) is 77.5 Å². The number of hydrogen-bond acceptors (Lipinski definition) is 5. The van der Waals surface area contributed by atoms with Crippen LogP contribution in [-0.4, -0.2) is 98.5 Å². The summed E-state index contributed by atoms with van der Waals surface area (Å²) in [6, 6.07) is 6.98. The number of rotatable bonds is 5. The van der Waals surface area contributed by atoms with Crippen molar-refractivity contribution < 1.29 is 14.3 Å². The Kier molecular flexibility index (Phi) is 6.10. The van der Waals surface area contributed by atoms with E-state index in [-0.39, 0.29) is 11.8 Å². The van der Waals surface area contributed by atoms with Gasteiger partial charge in [0.2, 0.25) is 0 Å². The number of carbonyl (C=O) groups is 2. The Morgan fingerprint density at radius 2 is 1.83 bits per heavy atom. The molecule has 0 spiro atoms. The van der Waals surface area contributed by atoms with Crippen LogP contribution in [0.2, 0.25) is 0 Å². The van der Waals surface area contributed by atoms with E-state index in [0.29, 0.717) is 30.1 Å². The molecule has 4 rings (SSSR count). The number of piperazine rings is 1. The van der Waals surface area contributed by atoms with Crippen molar-refractivity contribution >= 4 is 17.8 Å². The van der Waals surface area contributed by atoms with Crippen molar-refractivity contribution in [2.75, 3.05) is 66.1 Å². The first-order valence-corrected chi connectivity index (χ1v) is 10.4. The second-order valence-electron chi connectivity index (χ2n) is 7.80. The number of ether oxygens (including phenoxy) is 1. The molecule has 2 fully saturated rings. The fourth-order valence-electron chi connectivity index (χ4n) is 4.29. The standard InChI is InChI=1S/C21H29N5O3/c1-22-21(25-11-9-24(10-12-25)14-16-6-13-29-15-16)23-7-8-26-19(27)17-4-2-3-5-18(17)20(26)28/h2-5,16H,6-15H2,1H3,(H,22,23). The van der Waals surface area contributed by atoms with E-state index in [9.17, 15) is 9.59 Å². The molecule has 1 aromatic carbocycles. The second-order valence-corrected chi connectivity index (χ2v) is 7.80. The highest BCUT2D eigenvalue weighted by Gasteiger charge is 2.34. The molecule has 0 aliphatic carbocycles. The molecular formula is C21H29N5O3. The summed E-state index contributed by atoms with van der Waals surface area (Å²) in [5.41, 5.74) is 0.983. The van der Waals surface area contributed by atoms with Crippen LogP contribution < -0.4 is 5.32 Å². The van der Waals surface area contributed by atoms with E-state index in [4.69, 9.17) is 4.74 Å². The average molecular weight is 399 g/mol. The molecular weight excluding hydrogens is 370 g/mol. The lowest BCUT2D eigenvalue weighted by Gasteiger charge is -2.37. The molecule has 29 heavy (non-hydrogen) atoms. The van der Waals surface area contributed by atoms with Crippen molar-refractivity contribution in [1.82, 2.24) is 20.0 Å². The smallest absolute Gasteiger partial charge is 0.261 e. The van der Waals surface area contributed by atoms with Crippen LogP contribution in [0.15, 0.2) is 29.3 Å². The van der Waals surface area contributed by atoms with E-state index >= 15 is 0 Å². The number of carbonyl (C=O) groups excluding carboxylic acids is 2. The van der Waals surface area contributed by atoms with Crippen LogP contribution in [0.4, 0.5) is 0 Å². The van der Waals surface area contributed by atoms with Crippen LogP contribution in [-0.2, 0) is 4.74 Å². The Balaban J connectivity index is 1.23. The van der Waals surface area contributed by atoms with Crippen molar-refractivity contribution in [3.05, 3.63) is 35.4 Å². The van der Waals surface area contributed by atoms with Gasteiger partial charge in [0.05, 0.1) is 17.7 Å². The fraction of sp³-hybridized carbons (Fsp3) is 0.571. The largest absolute Gasteiger partial charge is 0.381 e. The Hall–Kier alpha value is -2.45. The fourth-order valence-corrected chi connectivity index (χ4v) is 4.29. The van der Waals surface area contributed by atoms with Gasteiger partial charge in [-0.05, 0) is 24.5 Å². The molecule has 3 aliphatic rings. The monoisotopic (exact) mass is 399 g/mol. The van der Waals surface area contributed by atoms with Gasteiger partial charge in [0.25, 0.3) is 11.8 Å². The maximum atomic E-state index is 12.5. The minimum Gasteiger partial charge on any atom is -0.381 e. The number of fused-ring (bicyclic) bond motifs is 1. The van der Waals surface area contributed by atoms with Crippen molar-refractivity contribution in [2.24, 2.45) is 10.9 Å². The van der Waals surface area contributed by atoms with Crippen molar-refractivity contribution in [3.8, 4) is 0 Å². The number of aliphatic imine (C=N–C) groups is 1. The van der Waals surface area contributed by atoms with Crippen LogP contribution in [0, 0.1) is 5.92 Å². The summed E-state index contributed by atoms with van der Waals surface area (Å²) in [6.07, 6.45) is 1.17. The van der Waals surface area contributed by atoms with Gasteiger partial charge in [-0.3, -0.25) is 24.4 Å². The number of amides is 2. The Morgan fingerprint density at radius 3 is 2.41 bits per heavy atom. The summed E-state index contributed by atoms with van der Waals surface area (Å²) in [6.45, 7) is 7.56. The molecule has 2 saturated heterocycles. The number of hydrogen-bond donors (Lipinski definition) is 1. The Morgan fingerprint density at radius 1 is 1.14 bits per heavy atom. The Labute approximate surface area is 171 Å². The van der Waals surface area contributed by atoms with Gasteiger partial charge in [0, 0.05) is 59.5 Å². The minimum absolute atomic E-state index is 0.216. The minimum atomic E-state index is -0.216. The van der Waals surface area contributed by atoms with Gasteiger partial charge in [0.15, 0.2) is 5.96 Å². The zero-order valence-corrected chi connectivity index (χ0v) is 17.0. The van der Waals surface area contributed by atoms with Gasteiger partial charge < -0.3 is 15.0 Å². The maximum absolute atomic E-state index is 12.5. The quantitative estimate of drug-likeness (QED) is 0.442. The molecule has 8 nitrogen and oxygen atoms in total. The molecule has 1 atom stereocenters. The van der Waals surface area contributed by atoms with E-state index in [1.54, 1.807) is 31.3 Å². The average Bonchev–Trinajstić information content (AvgIpc) is 3.34. The molecule has 3 aliphatic heterocycles. The van der Waals surface area contributed by atoms with E-state index in [0.717, 1.165) is 51.9 Å². The highest BCUT2D eigenvalue weighted by Crippen LogP contribution is 2.21. The number of benzene rings is 1. The van der Waals surface area contributed by atoms with Gasteiger partial charge in [-0.1, -0.05) is 12.1 Å². The third-order valence-corrected chi connectivity index (χ3v) is 5.92. The summed E-state index contributed by atoms with van der Waals surface area (Å²) in [4.78, 5) is 35.3. The summed E-state index contributed by atoms with van der Waals surface area (Å²) >= 11 is 0. The SMILES string of the molecule is CN=C(NCCN1C(=O)c2ccccc2C1=O)N1CCN(CC2CCOC2)CC1. The van der Waals surface area contributed by atoms with E-state index < -0.39 is 0 Å². The summed E-state index contributed by atoms with van der Waals surface area (Å²) in [5, 5.41) is 3.31. The number of nitrogens with one attached hydrogen (secondary N) is 1. The molecule has 0 bridgehead atoms. The zero-order valence-electron chi connectivity index (χ0n) is 17.0. The lowest BCUT2D eigenvalue weighted by Crippen LogP contribution is -2.54. The highest BCUT2D eigenvalue weighted by atomic mass is 16.5. The van der Waals surface area contributed by atoms with E-state index in [1.165, 1.54) is 11.3 Å². The second kappa shape index (κ2) is 8.92. The molecule has 156 valence electrons. The van der Waals surface area contributed by atoms with Gasteiger partial charge in [-0.25, -0.2) is 0 Å². The summed E-state index contributed by atoms with van der Waals surface area (Å²) in [7, 11) is 1.77. The summed E-state index contributed by atoms with van der Waals surface area (Å²) in [5.74, 6) is 1.06. The number of guanidine groups is 1. The van der Waals surface area contributed by atoms with Crippen molar-refractivity contribution in [3.63, 3.8) is 0 Å². The molecule has 1 aromatic rings. The number of imide groups is 1. The third-order valence-electron chi connectivity index (χ3n) is 5.92. The maximum Gasteiger partial charge on any atom is 0.261 e. The first-order valence-electron chi connectivity index (χ1n) is 10.4. The van der Waals surface area contributed by atoms with Crippen LogP contribution in [0.1, 0.15) is 27.1 Å². The lowest BCUT2D eigenvalue weighted by atomic mass is 10.1. The van der Waals surface area contributed by atoms with Crippen LogP contribution in [0.5, 0.6) is 0 Å². The van der Waals surface area contributed by atoms with Gasteiger partial charge in [-0.15, -0.1) is 0 Å². The molecule has 8 heteroatoms. The molecule has 0 aromatic heterocycles. The van der Waals surface area contributed by atoms with Crippen LogP contribution in [0.3, 0.4) is 0 Å². The van der Waals surface area contributed by atoms with Gasteiger partial charge in [-0.2, -0.15) is 0 Å². The number of nitrogens with zero attached hydrogens (tertiary/aromatic N) is 4. The van der Waals surface area contributed by atoms with Gasteiger partial charge >= 0.3 is 0 Å². The Bertz CT molecular complexity index is 747. The zero-order chi connectivity index (χ0) is 20.2. The predicted octanol–water partition coefficient (Wildman–Crippen LogP) is 0.512. The molecule has 1 N–H and O–H groups in total. The summed E-state index contributed by atoms with van der Waals surface area (Å²) < 4.78 is 5.48. The van der Waals surface area contributed by atoms with E-state index in [1.807, 2.05) is 0 Å². The molecule has 0 saturated carbocycles. The molecule has 2 amide bonds. The van der Waals surface area contributed by atoms with Gasteiger partial charge in [0.1, 0.15) is 0 Å². The van der Waals surface area contributed by atoms with Crippen LogP contribution >= 0.6 is 0 Å². The first-order chi connectivity index (χ1) is 14.2. The first kappa shape index (κ1) is 19.8. The van der Waals surface area contributed by atoms with E-state index in [2.05, 4.69) is 20.1 Å². The third kappa shape index (κ3) is 4.28. The normalized spacial score (nSPS) is 23.1. The molecule has 1 unspecified atom stereocenters. The highest BCUT2D eigenvalue weighted by molar-refractivity contribution is 6.21.